The van der Waals surface area contributed by atoms with Crippen LogP contribution in [0.4, 0.5) is 0 Å². The lowest BCUT2D eigenvalue weighted by molar-refractivity contribution is 0.202. The minimum atomic E-state index is 0. The number of hydrogen-bond donors (Lipinski definition) is 1. The minimum absolute atomic E-state index is 0. The van der Waals surface area contributed by atoms with E-state index in [1.165, 1.54) is 0 Å². The summed E-state index contributed by atoms with van der Waals surface area (Å²) in [5, 5.41) is 3.37. The fraction of sp³-hybridized carbons (Fsp3) is 0.467. The summed E-state index contributed by atoms with van der Waals surface area (Å²) in [6.07, 6.45) is 1.98. The van der Waals surface area contributed by atoms with E-state index in [1.807, 2.05) is 18.2 Å². The van der Waals surface area contributed by atoms with Crippen LogP contribution in [0.25, 0.3) is 0 Å². The molecule has 2 rings (SSSR count). The van der Waals surface area contributed by atoms with Gasteiger partial charge in [0.25, 0.3) is 0 Å². The molecule has 1 atom stereocenters. The Balaban J connectivity index is 0.00000220. The third kappa shape index (κ3) is 4.77. The topological polar surface area (TPSA) is 33.7 Å². The summed E-state index contributed by atoms with van der Waals surface area (Å²) < 4.78 is 11.7. The molecule has 0 saturated carbocycles. The Bertz CT molecular complexity index is 483. The molecule has 0 amide bonds. The van der Waals surface area contributed by atoms with Crippen molar-refractivity contribution in [1.29, 1.82) is 0 Å². The van der Waals surface area contributed by atoms with E-state index in [4.69, 9.17) is 9.47 Å². The van der Waals surface area contributed by atoms with E-state index in [2.05, 4.69) is 32.7 Å². The molecule has 0 unspecified atom stereocenters. The van der Waals surface area contributed by atoms with Gasteiger partial charge < -0.3 is 14.8 Å². The molecule has 1 saturated heterocycles. The molecule has 0 aliphatic carbocycles. The zero-order valence-corrected chi connectivity index (χ0v) is 16.0. The number of piperazine rings is 1. The van der Waals surface area contributed by atoms with Gasteiger partial charge >= 0.3 is 0 Å². The highest BCUT2D eigenvalue weighted by Gasteiger charge is 2.23. The van der Waals surface area contributed by atoms with Gasteiger partial charge in [-0.15, -0.1) is 31.4 Å². The van der Waals surface area contributed by atoms with E-state index in [0.717, 1.165) is 47.7 Å². The van der Waals surface area contributed by atoms with Gasteiger partial charge in [0.15, 0.2) is 11.5 Å². The van der Waals surface area contributed by atoms with Crippen molar-refractivity contribution in [3.8, 4) is 11.5 Å². The van der Waals surface area contributed by atoms with E-state index in [9.17, 15) is 0 Å². The zero-order chi connectivity index (χ0) is 14.5. The first-order valence-electron chi connectivity index (χ1n) is 6.70. The Morgan fingerprint density at radius 1 is 1.18 bits per heavy atom. The maximum atomic E-state index is 5.40. The summed E-state index contributed by atoms with van der Waals surface area (Å²) in [7, 11) is 3.30. The molecule has 1 aliphatic heterocycles. The Labute approximate surface area is 153 Å². The summed E-state index contributed by atoms with van der Waals surface area (Å²) in [6.45, 7) is 8.04. The first-order valence-corrected chi connectivity index (χ1v) is 7.49. The van der Waals surface area contributed by atoms with Crippen LogP contribution in [0, 0.1) is 0 Å². The van der Waals surface area contributed by atoms with Crippen LogP contribution in [0.1, 0.15) is 11.6 Å². The van der Waals surface area contributed by atoms with Gasteiger partial charge in [-0.25, -0.2) is 0 Å². The van der Waals surface area contributed by atoms with E-state index < -0.39 is 0 Å². The number of nitrogens with zero attached hydrogens (tertiary/aromatic N) is 1. The van der Waals surface area contributed by atoms with Crippen LogP contribution < -0.4 is 14.8 Å². The molecule has 1 heterocycles. The van der Waals surface area contributed by atoms with Gasteiger partial charge in [0, 0.05) is 30.7 Å². The van der Waals surface area contributed by atoms with E-state index in [0.29, 0.717) is 0 Å². The Morgan fingerprint density at radius 2 is 1.73 bits per heavy atom. The predicted octanol–water partition coefficient (Wildman–Crippen LogP) is 3.44. The molecule has 1 aliphatic rings. The number of benzene rings is 1. The van der Waals surface area contributed by atoms with Crippen molar-refractivity contribution >= 4 is 40.7 Å². The first-order chi connectivity index (χ1) is 9.71. The summed E-state index contributed by atoms with van der Waals surface area (Å²) in [4.78, 5) is 2.41. The molecule has 126 valence electrons. The van der Waals surface area contributed by atoms with Crippen molar-refractivity contribution in [3.05, 3.63) is 34.8 Å². The van der Waals surface area contributed by atoms with E-state index in [-0.39, 0.29) is 30.9 Å². The molecule has 22 heavy (non-hydrogen) atoms. The van der Waals surface area contributed by atoms with Crippen LogP contribution in [-0.2, 0) is 0 Å². The molecule has 1 N–H and O–H groups in total. The highest BCUT2D eigenvalue weighted by atomic mass is 79.9. The van der Waals surface area contributed by atoms with Gasteiger partial charge in [-0.3, -0.25) is 4.90 Å². The lowest BCUT2D eigenvalue weighted by Crippen LogP contribution is -2.44. The highest BCUT2D eigenvalue weighted by Crippen LogP contribution is 2.38. The maximum Gasteiger partial charge on any atom is 0.161 e. The van der Waals surface area contributed by atoms with Crippen molar-refractivity contribution < 1.29 is 9.47 Å². The first kappa shape index (κ1) is 21.5. The molecule has 0 spiro atoms. The van der Waals surface area contributed by atoms with Gasteiger partial charge in [0.05, 0.1) is 20.3 Å². The maximum absolute atomic E-state index is 5.40. The number of ether oxygens (including phenoxy) is 2. The van der Waals surface area contributed by atoms with Crippen LogP contribution >= 0.6 is 40.7 Å². The molecule has 1 aromatic carbocycles. The van der Waals surface area contributed by atoms with Crippen molar-refractivity contribution in [2.45, 2.75) is 6.04 Å². The molecule has 0 aromatic heterocycles. The molecule has 0 radical (unpaired) electrons. The second kappa shape index (κ2) is 10.3. The Hall–Kier alpha value is -0.460. The lowest BCUT2D eigenvalue weighted by Gasteiger charge is -2.34. The second-order valence-corrected chi connectivity index (χ2v) is 5.55. The number of methoxy groups -OCH3 is 2. The Kier molecular flexibility index (Phi) is 10.1. The van der Waals surface area contributed by atoms with Crippen molar-refractivity contribution in [3.63, 3.8) is 0 Å². The minimum Gasteiger partial charge on any atom is -0.493 e. The summed E-state index contributed by atoms with van der Waals surface area (Å²) in [5.74, 6) is 1.47. The standard InChI is InChI=1S/C15H21BrN2O2.2ClH/c1-4-13(18-7-5-17-6-8-18)11-9-14(19-2)15(20-3)10-12(11)16;;/h4,9-10,13,17H,1,5-8H2,2-3H3;2*1H/t13-;;/m1../s1. The smallest absolute Gasteiger partial charge is 0.161 e. The number of hydrogen-bond acceptors (Lipinski definition) is 4. The summed E-state index contributed by atoms with van der Waals surface area (Å²) in [5.41, 5.74) is 1.15. The largest absolute Gasteiger partial charge is 0.493 e. The number of rotatable bonds is 5. The van der Waals surface area contributed by atoms with Gasteiger partial charge in [-0.2, -0.15) is 0 Å². The number of halogens is 3. The molecule has 1 fully saturated rings. The molecule has 1 aromatic rings. The van der Waals surface area contributed by atoms with Gasteiger partial charge in [-0.1, -0.05) is 22.0 Å². The van der Waals surface area contributed by atoms with Crippen LogP contribution in [0.5, 0.6) is 11.5 Å². The van der Waals surface area contributed by atoms with Crippen molar-refractivity contribution in [1.82, 2.24) is 10.2 Å². The summed E-state index contributed by atoms with van der Waals surface area (Å²) in [6, 6.07) is 4.15. The van der Waals surface area contributed by atoms with Crippen LogP contribution in [0.2, 0.25) is 0 Å². The quantitative estimate of drug-likeness (QED) is 0.749. The van der Waals surface area contributed by atoms with Crippen LogP contribution in [0.3, 0.4) is 0 Å². The summed E-state index contributed by atoms with van der Waals surface area (Å²) >= 11 is 3.63. The molecule has 4 nitrogen and oxygen atoms in total. The van der Waals surface area contributed by atoms with Gasteiger partial charge in [-0.05, 0) is 17.7 Å². The van der Waals surface area contributed by atoms with Crippen LogP contribution in [0.15, 0.2) is 29.3 Å². The highest BCUT2D eigenvalue weighted by molar-refractivity contribution is 9.10. The van der Waals surface area contributed by atoms with Crippen molar-refractivity contribution in [2.75, 3.05) is 40.4 Å². The molecular weight excluding hydrogens is 391 g/mol. The lowest BCUT2D eigenvalue weighted by atomic mass is 10.0. The molecular formula is C15H23BrCl2N2O2. The van der Waals surface area contributed by atoms with Crippen molar-refractivity contribution in [2.24, 2.45) is 0 Å². The van der Waals surface area contributed by atoms with Gasteiger partial charge in [0.2, 0.25) is 0 Å². The van der Waals surface area contributed by atoms with E-state index in [1.54, 1.807) is 14.2 Å². The monoisotopic (exact) mass is 412 g/mol. The fourth-order valence-electron chi connectivity index (χ4n) is 2.53. The normalized spacial score (nSPS) is 16.0. The average molecular weight is 414 g/mol. The third-order valence-electron chi connectivity index (χ3n) is 3.59. The SMILES string of the molecule is C=C[C@H](c1cc(OC)c(OC)cc1Br)N1CCNCC1.Cl.Cl. The zero-order valence-electron chi connectivity index (χ0n) is 12.8. The van der Waals surface area contributed by atoms with E-state index >= 15 is 0 Å². The second-order valence-electron chi connectivity index (χ2n) is 4.70. The van der Waals surface area contributed by atoms with Gasteiger partial charge in [0.1, 0.15) is 0 Å². The Morgan fingerprint density at radius 3 is 2.23 bits per heavy atom. The predicted molar refractivity (Wildman–Crippen MR) is 99.1 cm³/mol. The third-order valence-corrected chi connectivity index (χ3v) is 4.28. The average Bonchev–Trinajstić information content (AvgIpc) is 2.50. The molecule has 7 heteroatoms. The fourth-order valence-corrected chi connectivity index (χ4v) is 3.09. The molecule has 0 bridgehead atoms. The van der Waals surface area contributed by atoms with Crippen LogP contribution in [-0.4, -0.2) is 45.3 Å². The number of nitrogens with one attached hydrogen (secondary N) is 1.